The van der Waals surface area contributed by atoms with Crippen LogP contribution in [0.5, 0.6) is 0 Å². The van der Waals surface area contributed by atoms with Crippen molar-refractivity contribution in [3.63, 3.8) is 0 Å². The summed E-state index contributed by atoms with van der Waals surface area (Å²) in [6.45, 7) is 1.87. The van der Waals surface area contributed by atoms with E-state index in [4.69, 9.17) is 23.8 Å². The minimum Gasteiger partial charge on any atom is -0.267 e. The van der Waals surface area contributed by atoms with E-state index in [0.717, 1.165) is 27.9 Å². The molecule has 5 nitrogen and oxygen atoms in total. The zero-order valence-corrected chi connectivity index (χ0v) is 15.4. The lowest BCUT2D eigenvalue weighted by Gasteiger charge is -2.16. The molecule has 1 aromatic carbocycles. The van der Waals surface area contributed by atoms with Gasteiger partial charge in [0.05, 0.1) is 15.5 Å². The monoisotopic (exact) mass is 389 g/mol. The van der Waals surface area contributed by atoms with Crippen LogP contribution in [0.1, 0.15) is 21.5 Å². The number of thiocarbonyl (C=S) groups is 1. The molecule has 1 saturated heterocycles. The van der Waals surface area contributed by atoms with Gasteiger partial charge in [-0.1, -0.05) is 35.5 Å². The number of aromatic nitrogens is 1. The predicted octanol–water partition coefficient (Wildman–Crippen LogP) is 3.59. The predicted molar refractivity (Wildman–Crippen MR) is 103 cm³/mol. The van der Waals surface area contributed by atoms with Gasteiger partial charge in [0.1, 0.15) is 0 Å². The molecule has 1 aromatic heterocycles. The van der Waals surface area contributed by atoms with Crippen LogP contribution in [0.25, 0.3) is 6.08 Å². The number of amides is 2. The number of carbonyl (C=O) groups is 2. The van der Waals surface area contributed by atoms with Crippen molar-refractivity contribution in [3.05, 3.63) is 69.3 Å². The summed E-state index contributed by atoms with van der Waals surface area (Å²) < 4.78 is 0.247. The third-order valence-electron chi connectivity index (χ3n) is 3.36. The number of carbonyl (C=O) groups excluding carboxylic acids is 2. The van der Waals surface area contributed by atoms with Crippen molar-refractivity contribution in [2.75, 3.05) is 0 Å². The first kappa shape index (κ1) is 17.6. The van der Waals surface area contributed by atoms with Gasteiger partial charge in [-0.15, -0.1) is 0 Å². The van der Waals surface area contributed by atoms with E-state index in [0.29, 0.717) is 9.93 Å². The van der Waals surface area contributed by atoms with Crippen LogP contribution in [0.3, 0.4) is 0 Å². The SMILES string of the molecule is Cc1ccc(C(=O)NN2C(=O)/C(=C\c3cccnc3)SC2=S)c(Cl)c1. The van der Waals surface area contributed by atoms with Crippen LogP contribution in [-0.4, -0.2) is 26.1 Å². The van der Waals surface area contributed by atoms with Crippen LogP contribution >= 0.6 is 35.6 Å². The first-order chi connectivity index (χ1) is 12.0. The Labute approximate surface area is 159 Å². The third-order valence-corrected chi connectivity index (χ3v) is 4.97. The van der Waals surface area contributed by atoms with Crippen LogP contribution in [0.2, 0.25) is 5.02 Å². The summed E-state index contributed by atoms with van der Waals surface area (Å²) in [5.74, 6) is -0.889. The second-order valence-electron chi connectivity index (χ2n) is 5.23. The lowest BCUT2D eigenvalue weighted by molar-refractivity contribution is -0.123. The molecule has 1 aliphatic heterocycles. The van der Waals surface area contributed by atoms with E-state index in [1.807, 2.05) is 13.0 Å². The molecule has 2 heterocycles. The fraction of sp³-hybridized carbons (Fsp3) is 0.0588. The number of hydrogen-bond donors (Lipinski definition) is 1. The molecule has 1 N–H and O–H groups in total. The summed E-state index contributed by atoms with van der Waals surface area (Å²) in [6, 6.07) is 8.66. The lowest BCUT2D eigenvalue weighted by Crippen LogP contribution is -2.44. The van der Waals surface area contributed by atoms with E-state index in [1.54, 1.807) is 42.7 Å². The Hall–Kier alpha value is -2.22. The summed E-state index contributed by atoms with van der Waals surface area (Å²) in [6.07, 6.45) is 4.96. The highest BCUT2D eigenvalue weighted by Crippen LogP contribution is 2.31. The van der Waals surface area contributed by atoms with Gasteiger partial charge in [0.2, 0.25) is 0 Å². The topological polar surface area (TPSA) is 62.3 Å². The molecule has 2 amide bonds. The van der Waals surface area contributed by atoms with Crippen molar-refractivity contribution in [1.82, 2.24) is 15.4 Å². The number of pyridine rings is 1. The summed E-state index contributed by atoms with van der Waals surface area (Å²) in [5.41, 5.74) is 4.50. The average molecular weight is 390 g/mol. The fourth-order valence-electron chi connectivity index (χ4n) is 2.14. The van der Waals surface area contributed by atoms with Crippen LogP contribution < -0.4 is 5.43 Å². The highest BCUT2D eigenvalue weighted by Gasteiger charge is 2.34. The number of halogens is 1. The van der Waals surface area contributed by atoms with Crippen molar-refractivity contribution >= 4 is 57.8 Å². The minimum absolute atomic E-state index is 0.247. The van der Waals surface area contributed by atoms with Crippen molar-refractivity contribution in [3.8, 4) is 0 Å². The molecule has 0 aliphatic carbocycles. The maximum atomic E-state index is 12.5. The summed E-state index contributed by atoms with van der Waals surface area (Å²) >= 11 is 12.4. The molecule has 126 valence electrons. The number of aryl methyl sites for hydroxylation is 1. The van der Waals surface area contributed by atoms with Crippen LogP contribution in [0.15, 0.2) is 47.6 Å². The van der Waals surface area contributed by atoms with E-state index in [9.17, 15) is 9.59 Å². The molecular formula is C17H12ClN3O2S2. The number of rotatable bonds is 3. The Bertz CT molecular complexity index is 900. The molecule has 25 heavy (non-hydrogen) atoms. The van der Waals surface area contributed by atoms with Gasteiger partial charge in [-0.25, -0.2) is 0 Å². The van der Waals surface area contributed by atoms with Gasteiger partial charge >= 0.3 is 0 Å². The second-order valence-corrected chi connectivity index (χ2v) is 7.31. The molecule has 0 spiro atoms. The van der Waals surface area contributed by atoms with Gasteiger partial charge in [0.25, 0.3) is 11.8 Å². The van der Waals surface area contributed by atoms with Gasteiger partial charge in [0.15, 0.2) is 4.32 Å². The minimum atomic E-state index is -0.496. The molecular weight excluding hydrogens is 378 g/mol. The molecule has 1 fully saturated rings. The van der Waals surface area contributed by atoms with E-state index in [2.05, 4.69) is 10.4 Å². The molecule has 2 aromatic rings. The van der Waals surface area contributed by atoms with Crippen molar-refractivity contribution in [2.24, 2.45) is 0 Å². The molecule has 0 unspecified atom stereocenters. The number of nitrogens with zero attached hydrogens (tertiary/aromatic N) is 2. The van der Waals surface area contributed by atoms with E-state index in [1.165, 1.54) is 0 Å². The van der Waals surface area contributed by atoms with Crippen LogP contribution in [0.4, 0.5) is 0 Å². The summed E-state index contributed by atoms with van der Waals surface area (Å²) in [7, 11) is 0. The van der Waals surface area contributed by atoms with Gasteiger partial charge in [-0.05, 0) is 54.5 Å². The van der Waals surface area contributed by atoms with Crippen LogP contribution in [0, 0.1) is 6.92 Å². The fourth-order valence-corrected chi connectivity index (χ4v) is 3.64. The quantitative estimate of drug-likeness (QED) is 0.642. The average Bonchev–Trinajstić information content (AvgIpc) is 2.83. The molecule has 0 atom stereocenters. The zero-order chi connectivity index (χ0) is 18.0. The van der Waals surface area contributed by atoms with Gasteiger partial charge in [-0.3, -0.25) is 20.0 Å². The van der Waals surface area contributed by atoms with E-state index < -0.39 is 11.8 Å². The lowest BCUT2D eigenvalue weighted by atomic mass is 10.1. The Kier molecular flexibility index (Phi) is 5.17. The highest BCUT2D eigenvalue weighted by molar-refractivity contribution is 8.26. The number of thioether (sulfide) groups is 1. The number of nitrogens with one attached hydrogen (secondary N) is 1. The van der Waals surface area contributed by atoms with Gasteiger partial charge in [0, 0.05) is 12.4 Å². The van der Waals surface area contributed by atoms with Crippen molar-refractivity contribution in [1.29, 1.82) is 0 Å². The van der Waals surface area contributed by atoms with Crippen molar-refractivity contribution < 1.29 is 9.59 Å². The number of hydrazine groups is 1. The van der Waals surface area contributed by atoms with E-state index in [-0.39, 0.29) is 9.88 Å². The maximum Gasteiger partial charge on any atom is 0.285 e. The maximum absolute atomic E-state index is 12.5. The van der Waals surface area contributed by atoms with E-state index >= 15 is 0 Å². The third kappa shape index (κ3) is 3.89. The Balaban J connectivity index is 1.79. The molecule has 3 rings (SSSR count). The molecule has 8 heteroatoms. The number of hydrogen-bond acceptors (Lipinski definition) is 5. The summed E-state index contributed by atoms with van der Waals surface area (Å²) in [5, 5.41) is 1.37. The molecule has 0 bridgehead atoms. The van der Waals surface area contributed by atoms with Gasteiger partial charge < -0.3 is 0 Å². The normalized spacial score (nSPS) is 15.8. The molecule has 0 radical (unpaired) electrons. The Morgan fingerprint density at radius 1 is 1.40 bits per heavy atom. The van der Waals surface area contributed by atoms with Gasteiger partial charge in [-0.2, -0.15) is 5.01 Å². The largest absolute Gasteiger partial charge is 0.285 e. The van der Waals surface area contributed by atoms with Crippen molar-refractivity contribution in [2.45, 2.75) is 6.92 Å². The first-order valence-corrected chi connectivity index (χ1v) is 8.81. The number of benzene rings is 1. The second kappa shape index (κ2) is 7.35. The Morgan fingerprint density at radius 2 is 2.20 bits per heavy atom. The summed E-state index contributed by atoms with van der Waals surface area (Å²) in [4.78, 5) is 29.3. The molecule has 0 saturated carbocycles. The van der Waals surface area contributed by atoms with Crippen LogP contribution in [-0.2, 0) is 4.79 Å². The molecule has 1 aliphatic rings. The Morgan fingerprint density at radius 3 is 2.88 bits per heavy atom. The highest BCUT2D eigenvalue weighted by atomic mass is 35.5. The smallest absolute Gasteiger partial charge is 0.267 e. The first-order valence-electron chi connectivity index (χ1n) is 7.21. The zero-order valence-electron chi connectivity index (χ0n) is 13.0. The standard InChI is InChI=1S/C17H12ClN3O2S2/c1-10-4-5-12(13(18)7-10)15(22)20-21-16(23)14(25-17(21)24)8-11-3-2-6-19-9-11/h2-9H,1H3,(H,20,22)/b14-8+.